The van der Waals surface area contributed by atoms with Crippen molar-refractivity contribution in [2.75, 3.05) is 32.7 Å². The van der Waals surface area contributed by atoms with Gasteiger partial charge >= 0.3 is 0 Å². The van der Waals surface area contributed by atoms with Crippen LogP contribution < -0.4 is 0 Å². The van der Waals surface area contributed by atoms with Crippen LogP contribution in [0.2, 0.25) is 5.02 Å². The van der Waals surface area contributed by atoms with Crippen molar-refractivity contribution in [2.24, 2.45) is 0 Å². The van der Waals surface area contributed by atoms with Crippen molar-refractivity contribution in [1.29, 1.82) is 0 Å². The average Bonchev–Trinajstić information content (AvgIpc) is 3.35. The molecule has 1 aromatic heterocycles. The van der Waals surface area contributed by atoms with Crippen LogP contribution in [0.5, 0.6) is 0 Å². The third-order valence-corrected chi connectivity index (χ3v) is 6.09. The van der Waals surface area contributed by atoms with Crippen LogP contribution in [0.25, 0.3) is 0 Å². The number of aromatic nitrogens is 4. The summed E-state index contributed by atoms with van der Waals surface area (Å²) in [4.78, 5) is 5.02. The fourth-order valence-electron chi connectivity index (χ4n) is 4.30. The molecule has 1 atom stereocenters. The molecule has 1 saturated heterocycles. The maximum atomic E-state index is 6.13. The van der Waals surface area contributed by atoms with Crippen molar-refractivity contribution in [3.05, 3.63) is 40.7 Å². The maximum absolute atomic E-state index is 6.13. The summed E-state index contributed by atoms with van der Waals surface area (Å²) in [7, 11) is 0. The number of piperazine rings is 1. The van der Waals surface area contributed by atoms with Crippen molar-refractivity contribution < 1.29 is 0 Å². The predicted molar refractivity (Wildman–Crippen MR) is 102 cm³/mol. The van der Waals surface area contributed by atoms with Gasteiger partial charge in [-0.15, -0.1) is 5.10 Å². The molecule has 2 heterocycles. The molecule has 1 unspecified atom stereocenters. The molecule has 140 valence electrons. The Bertz CT molecular complexity index is 701. The normalized spacial score (nSPS) is 21.3. The molecule has 0 N–H and O–H groups in total. The van der Waals surface area contributed by atoms with Crippen LogP contribution in [-0.4, -0.2) is 62.7 Å². The predicted octanol–water partition coefficient (Wildman–Crippen LogP) is 3.17. The van der Waals surface area contributed by atoms with E-state index in [1.165, 1.54) is 31.2 Å². The first-order chi connectivity index (χ1) is 12.8. The summed E-state index contributed by atoms with van der Waals surface area (Å²) in [5, 5.41) is 13.7. The van der Waals surface area contributed by atoms with Crippen molar-refractivity contribution in [3.63, 3.8) is 0 Å². The Hall–Kier alpha value is -1.50. The topological polar surface area (TPSA) is 50.1 Å². The second-order valence-electron chi connectivity index (χ2n) is 7.34. The molecule has 0 amide bonds. The van der Waals surface area contributed by atoms with Crippen LogP contribution in [-0.2, 0) is 0 Å². The molecule has 2 aliphatic rings. The molecule has 26 heavy (non-hydrogen) atoms. The average molecular weight is 375 g/mol. The van der Waals surface area contributed by atoms with E-state index < -0.39 is 0 Å². The van der Waals surface area contributed by atoms with E-state index in [0.717, 1.165) is 43.6 Å². The first-order valence-electron chi connectivity index (χ1n) is 9.76. The summed E-state index contributed by atoms with van der Waals surface area (Å²) in [6, 6.07) is 8.69. The van der Waals surface area contributed by atoms with Crippen molar-refractivity contribution in [1.82, 2.24) is 30.0 Å². The van der Waals surface area contributed by atoms with Gasteiger partial charge in [-0.2, -0.15) is 0 Å². The van der Waals surface area contributed by atoms with Crippen molar-refractivity contribution in [3.8, 4) is 0 Å². The first-order valence-corrected chi connectivity index (χ1v) is 10.1. The van der Waals surface area contributed by atoms with Gasteiger partial charge in [0.1, 0.15) is 0 Å². The van der Waals surface area contributed by atoms with Crippen LogP contribution in [0.15, 0.2) is 24.3 Å². The first kappa shape index (κ1) is 17.9. The molecule has 6 nitrogen and oxygen atoms in total. The molecular weight excluding hydrogens is 348 g/mol. The molecule has 1 aliphatic heterocycles. The number of benzene rings is 1. The zero-order valence-corrected chi connectivity index (χ0v) is 16.1. The summed E-state index contributed by atoms with van der Waals surface area (Å²) >= 11 is 6.13. The summed E-state index contributed by atoms with van der Waals surface area (Å²) in [6.45, 7) is 7.57. The summed E-state index contributed by atoms with van der Waals surface area (Å²) in [6.07, 6.45) is 4.89. The molecule has 7 heteroatoms. The quantitative estimate of drug-likeness (QED) is 0.804. The molecule has 0 spiro atoms. The lowest BCUT2D eigenvalue weighted by Crippen LogP contribution is -2.48. The summed E-state index contributed by atoms with van der Waals surface area (Å²) in [5.74, 6) is 0.976. The third-order valence-electron chi connectivity index (χ3n) is 5.84. The highest BCUT2D eigenvalue weighted by Gasteiger charge is 2.32. The van der Waals surface area contributed by atoms with Crippen molar-refractivity contribution >= 4 is 11.6 Å². The Labute approximate surface area is 160 Å². The Morgan fingerprint density at radius 2 is 1.77 bits per heavy atom. The molecule has 0 bridgehead atoms. The van der Waals surface area contributed by atoms with Gasteiger partial charge < -0.3 is 4.90 Å². The largest absolute Gasteiger partial charge is 0.301 e. The lowest BCUT2D eigenvalue weighted by molar-refractivity contribution is 0.107. The minimum atomic E-state index is 0.0851. The number of likely N-dealkylation sites (N-methyl/N-ethyl adjacent to an activating group) is 1. The van der Waals surface area contributed by atoms with Gasteiger partial charge in [0.15, 0.2) is 5.82 Å². The van der Waals surface area contributed by atoms with Crippen LogP contribution in [0.4, 0.5) is 0 Å². The van der Waals surface area contributed by atoms with E-state index in [2.05, 4.69) is 49.1 Å². The number of nitrogens with zero attached hydrogens (tertiary/aromatic N) is 6. The van der Waals surface area contributed by atoms with E-state index in [1.807, 2.05) is 12.1 Å². The minimum absolute atomic E-state index is 0.0851. The van der Waals surface area contributed by atoms with Gasteiger partial charge in [0.2, 0.25) is 0 Å². The van der Waals surface area contributed by atoms with Crippen LogP contribution in [0, 0.1) is 0 Å². The van der Waals surface area contributed by atoms with Gasteiger partial charge in [0, 0.05) is 31.2 Å². The van der Waals surface area contributed by atoms with Gasteiger partial charge in [-0.1, -0.05) is 43.5 Å². The Morgan fingerprint density at radius 3 is 2.42 bits per heavy atom. The number of rotatable bonds is 5. The zero-order chi connectivity index (χ0) is 17.9. The molecule has 1 aliphatic carbocycles. The molecular formula is C19H27ClN6. The SMILES string of the molecule is CCN1CCN(C(c2ccc(Cl)cc2)c2nnnn2C2CCCC2)CC1. The van der Waals surface area contributed by atoms with E-state index in [1.54, 1.807) is 0 Å². The molecule has 2 fully saturated rings. The van der Waals surface area contributed by atoms with Gasteiger partial charge in [0.25, 0.3) is 0 Å². The van der Waals surface area contributed by atoms with E-state index in [9.17, 15) is 0 Å². The monoisotopic (exact) mass is 374 g/mol. The van der Waals surface area contributed by atoms with Gasteiger partial charge in [0.05, 0.1) is 12.1 Å². The van der Waals surface area contributed by atoms with E-state index >= 15 is 0 Å². The Morgan fingerprint density at radius 1 is 1.08 bits per heavy atom. The number of halogens is 1. The van der Waals surface area contributed by atoms with Gasteiger partial charge in [-0.3, -0.25) is 4.90 Å². The van der Waals surface area contributed by atoms with Gasteiger partial charge in [-0.25, -0.2) is 4.68 Å². The van der Waals surface area contributed by atoms with Crippen LogP contribution in [0.1, 0.15) is 56.1 Å². The smallest absolute Gasteiger partial charge is 0.173 e. The van der Waals surface area contributed by atoms with E-state index in [4.69, 9.17) is 11.6 Å². The Balaban J connectivity index is 1.67. The number of hydrogen-bond donors (Lipinski definition) is 0. The highest BCUT2D eigenvalue weighted by atomic mass is 35.5. The molecule has 0 radical (unpaired) electrons. The lowest BCUT2D eigenvalue weighted by atomic mass is 10.0. The second kappa shape index (κ2) is 8.03. The lowest BCUT2D eigenvalue weighted by Gasteiger charge is -2.38. The number of hydrogen-bond acceptors (Lipinski definition) is 5. The highest BCUT2D eigenvalue weighted by molar-refractivity contribution is 6.30. The molecule has 2 aromatic rings. The fraction of sp³-hybridized carbons (Fsp3) is 0.632. The highest BCUT2D eigenvalue weighted by Crippen LogP contribution is 2.34. The summed E-state index contributed by atoms with van der Waals surface area (Å²) < 4.78 is 2.10. The third kappa shape index (κ3) is 3.63. The van der Waals surface area contributed by atoms with Crippen molar-refractivity contribution in [2.45, 2.75) is 44.7 Å². The summed E-state index contributed by atoms with van der Waals surface area (Å²) in [5.41, 5.74) is 1.22. The van der Waals surface area contributed by atoms with Gasteiger partial charge in [-0.05, 0) is 47.5 Å². The molecule has 4 rings (SSSR count). The van der Waals surface area contributed by atoms with Crippen LogP contribution >= 0.6 is 11.6 Å². The van der Waals surface area contributed by atoms with E-state index in [0.29, 0.717) is 6.04 Å². The van der Waals surface area contributed by atoms with E-state index in [-0.39, 0.29) is 6.04 Å². The standard InChI is InChI=1S/C19H27ClN6/c1-2-24-11-13-25(14-12-24)18(15-7-9-16(20)10-8-15)19-21-22-23-26(19)17-5-3-4-6-17/h7-10,17-18H,2-6,11-14H2,1H3. The molecule has 1 saturated carbocycles. The molecule has 1 aromatic carbocycles. The minimum Gasteiger partial charge on any atom is -0.301 e. The number of tetrazole rings is 1. The Kier molecular flexibility index (Phi) is 5.52. The zero-order valence-electron chi connectivity index (χ0n) is 15.4. The fourth-order valence-corrected chi connectivity index (χ4v) is 4.42. The second-order valence-corrected chi connectivity index (χ2v) is 7.78. The maximum Gasteiger partial charge on any atom is 0.173 e. The van der Waals surface area contributed by atoms with Crippen LogP contribution in [0.3, 0.4) is 0 Å².